The molecule has 2 unspecified atom stereocenters. The SMILES string of the molecule is CCC(C)C1=C/C(=C(/c2ccc(O)c(C(C)CC)c2)c2ccccc2C(=O)O)C=CC1=O. The molecule has 2 aromatic rings. The highest BCUT2D eigenvalue weighted by Crippen LogP contribution is 2.37. The molecule has 0 amide bonds. The molecular weight excluding hydrogens is 400 g/mol. The Hall–Kier alpha value is -3.40. The minimum absolute atomic E-state index is 0.0139. The first-order valence-electron chi connectivity index (χ1n) is 11.1. The molecule has 0 fully saturated rings. The number of phenols is 1. The summed E-state index contributed by atoms with van der Waals surface area (Å²) in [6, 6.07) is 12.3. The molecule has 0 spiro atoms. The fourth-order valence-corrected chi connectivity index (χ4v) is 4.00. The number of aromatic hydroxyl groups is 1. The first-order valence-corrected chi connectivity index (χ1v) is 11.1. The smallest absolute Gasteiger partial charge is 0.336 e. The molecule has 0 aliphatic heterocycles. The standard InChI is InChI=1S/C28H30O4/c1-5-17(3)23-15-19(11-13-25(23)29)27(21-9-7-8-10-22(21)28(31)32)20-12-14-26(30)24(16-20)18(4)6-2/h7-18,29H,5-6H2,1-4H3,(H,31,32)/b27-20-. The van der Waals surface area contributed by atoms with Crippen LogP contribution in [0.25, 0.3) is 5.57 Å². The summed E-state index contributed by atoms with van der Waals surface area (Å²) in [6.07, 6.45) is 6.91. The number of allylic oxidation sites excluding steroid dienone is 5. The number of carboxylic acids is 1. The zero-order chi connectivity index (χ0) is 23.4. The molecule has 0 saturated carbocycles. The summed E-state index contributed by atoms with van der Waals surface area (Å²) in [5.41, 5.74) is 4.63. The number of aromatic carboxylic acids is 1. The maximum absolute atomic E-state index is 12.5. The van der Waals surface area contributed by atoms with Gasteiger partial charge in [0.05, 0.1) is 5.56 Å². The number of rotatable bonds is 7. The second kappa shape index (κ2) is 9.82. The van der Waals surface area contributed by atoms with Gasteiger partial charge in [-0.05, 0) is 82.9 Å². The largest absolute Gasteiger partial charge is 0.508 e. The van der Waals surface area contributed by atoms with Gasteiger partial charge in [0, 0.05) is 5.57 Å². The van der Waals surface area contributed by atoms with Crippen molar-refractivity contribution in [3.05, 3.63) is 94.1 Å². The number of phenolic OH excluding ortho intramolecular Hbond substituents is 1. The summed E-state index contributed by atoms with van der Waals surface area (Å²) >= 11 is 0. The second-order valence-corrected chi connectivity index (χ2v) is 8.37. The zero-order valence-electron chi connectivity index (χ0n) is 19.1. The molecule has 1 aliphatic rings. The van der Waals surface area contributed by atoms with E-state index in [0.29, 0.717) is 5.56 Å². The van der Waals surface area contributed by atoms with Gasteiger partial charge in [-0.2, -0.15) is 0 Å². The highest BCUT2D eigenvalue weighted by Gasteiger charge is 2.23. The van der Waals surface area contributed by atoms with Gasteiger partial charge in [-0.3, -0.25) is 4.79 Å². The molecule has 2 N–H and O–H groups in total. The molecule has 32 heavy (non-hydrogen) atoms. The van der Waals surface area contributed by atoms with Crippen molar-refractivity contribution in [2.75, 3.05) is 0 Å². The predicted octanol–water partition coefficient (Wildman–Crippen LogP) is 6.52. The fourth-order valence-electron chi connectivity index (χ4n) is 4.00. The lowest BCUT2D eigenvalue weighted by Crippen LogP contribution is -2.12. The molecule has 0 heterocycles. The lowest BCUT2D eigenvalue weighted by atomic mass is 9.83. The maximum Gasteiger partial charge on any atom is 0.336 e. The number of carboxylic acid groups (broad SMARTS) is 1. The van der Waals surface area contributed by atoms with Crippen LogP contribution in [-0.4, -0.2) is 22.0 Å². The van der Waals surface area contributed by atoms with Crippen molar-refractivity contribution in [2.24, 2.45) is 5.92 Å². The van der Waals surface area contributed by atoms with Crippen molar-refractivity contribution in [3.8, 4) is 5.75 Å². The van der Waals surface area contributed by atoms with Crippen LogP contribution >= 0.6 is 0 Å². The van der Waals surface area contributed by atoms with Gasteiger partial charge in [-0.1, -0.05) is 58.0 Å². The van der Waals surface area contributed by atoms with Gasteiger partial charge in [-0.15, -0.1) is 0 Å². The van der Waals surface area contributed by atoms with Crippen molar-refractivity contribution < 1.29 is 19.8 Å². The van der Waals surface area contributed by atoms with E-state index in [9.17, 15) is 19.8 Å². The molecule has 2 aromatic carbocycles. The van der Waals surface area contributed by atoms with E-state index in [1.54, 1.807) is 36.4 Å². The highest BCUT2D eigenvalue weighted by atomic mass is 16.4. The van der Waals surface area contributed by atoms with Crippen LogP contribution in [0.4, 0.5) is 0 Å². The molecule has 0 bridgehead atoms. The number of hydrogen-bond donors (Lipinski definition) is 2. The lowest BCUT2D eigenvalue weighted by Gasteiger charge is -2.21. The molecule has 4 nitrogen and oxygen atoms in total. The number of hydrogen-bond acceptors (Lipinski definition) is 3. The Morgan fingerprint density at radius 1 is 0.938 bits per heavy atom. The van der Waals surface area contributed by atoms with Crippen molar-refractivity contribution in [3.63, 3.8) is 0 Å². The van der Waals surface area contributed by atoms with E-state index in [1.165, 1.54) is 0 Å². The van der Waals surface area contributed by atoms with Gasteiger partial charge in [0.1, 0.15) is 5.75 Å². The van der Waals surface area contributed by atoms with Crippen LogP contribution in [-0.2, 0) is 4.79 Å². The minimum Gasteiger partial charge on any atom is -0.508 e. The summed E-state index contributed by atoms with van der Waals surface area (Å²) in [5, 5.41) is 20.3. The number of carbonyl (C=O) groups is 2. The molecule has 0 radical (unpaired) electrons. The minimum atomic E-state index is -1.01. The third-order valence-electron chi connectivity index (χ3n) is 6.33. The topological polar surface area (TPSA) is 74.6 Å². The van der Waals surface area contributed by atoms with E-state index in [-0.39, 0.29) is 28.9 Å². The second-order valence-electron chi connectivity index (χ2n) is 8.37. The Morgan fingerprint density at radius 3 is 2.22 bits per heavy atom. The van der Waals surface area contributed by atoms with Crippen LogP contribution in [0.1, 0.15) is 73.5 Å². The Kier molecular flexibility index (Phi) is 7.14. The van der Waals surface area contributed by atoms with Crippen LogP contribution in [0.2, 0.25) is 0 Å². The Balaban J connectivity index is 2.36. The van der Waals surface area contributed by atoms with Crippen molar-refractivity contribution in [2.45, 2.75) is 46.5 Å². The third kappa shape index (κ3) is 4.59. The van der Waals surface area contributed by atoms with Crippen LogP contribution in [0.15, 0.2) is 71.8 Å². The van der Waals surface area contributed by atoms with E-state index in [1.807, 2.05) is 38.1 Å². The summed E-state index contributed by atoms with van der Waals surface area (Å²) in [5.74, 6) is -0.565. The third-order valence-corrected chi connectivity index (χ3v) is 6.33. The molecule has 4 heteroatoms. The van der Waals surface area contributed by atoms with Gasteiger partial charge < -0.3 is 10.2 Å². The molecule has 1 aliphatic carbocycles. The van der Waals surface area contributed by atoms with Crippen molar-refractivity contribution in [1.82, 2.24) is 0 Å². The normalized spacial score (nSPS) is 17.0. The molecule has 0 aromatic heterocycles. The molecule has 0 saturated heterocycles. The van der Waals surface area contributed by atoms with Crippen molar-refractivity contribution in [1.29, 1.82) is 0 Å². The van der Waals surface area contributed by atoms with Crippen LogP contribution in [0.5, 0.6) is 5.75 Å². The summed E-state index contributed by atoms with van der Waals surface area (Å²) in [6.45, 7) is 8.18. The average Bonchev–Trinajstić information content (AvgIpc) is 2.80. The fraction of sp³-hybridized carbons (Fsp3) is 0.286. The summed E-state index contributed by atoms with van der Waals surface area (Å²) in [7, 11) is 0. The first-order chi connectivity index (χ1) is 15.3. The van der Waals surface area contributed by atoms with E-state index in [0.717, 1.165) is 40.7 Å². The van der Waals surface area contributed by atoms with Gasteiger partial charge in [0.25, 0.3) is 0 Å². The molecular formula is C28H30O4. The van der Waals surface area contributed by atoms with Crippen LogP contribution in [0.3, 0.4) is 0 Å². The van der Waals surface area contributed by atoms with Crippen molar-refractivity contribution >= 4 is 17.3 Å². The first kappa shape index (κ1) is 23.3. The highest BCUT2D eigenvalue weighted by molar-refractivity contribution is 6.08. The van der Waals surface area contributed by atoms with Gasteiger partial charge in [0.15, 0.2) is 5.78 Å². The Labute approximate surface area is 189 Å². The summed E-state index contributed by atoms with van der Waals surface area (Å²) < 4.78 is 0. The summed E-state index contributed by atoms with van der Waals surface area (Å²) in [4.78, 5) is 24.6. The molecule has 166 valence electrons. The van der Waals surface area contributed by atoms with E-state index >= 15 is 0 Å². The van der Waals surface area contributed by atoms with Gasteiger partial charge in [-0.25, -0.2) is 4.79 Å². The van der Waals surface area contributed by atoms with Crippen LogP contribution < -0.4 is 0 Å². The van der Waals surface area contributed by atoms with Crippen LogP contribution in [0, 0.1) is 5.92 Å². The van der Waals surface area contributed by atoms with E-state index in [4.69, 9.17) is 0 Å². The number of carbonyl (C=O) groups excluding carboxylic acids is 1. The number of ketones is 1. The molecule has 3 rings (SSSR count). The van der Waals surface area contributed by atoms with E-state index < -0.39 is 5.97 Å². The predicted molar refractivity (Wildman–Crippen MR) is 128 cm³/mol. The van der Waals surface area contributed by atoms with E-state index in [2.05, 4.69) is 13.8 Å². The van der Waals surface area contributed by atoms with Gasteiger partial charge in [0.2, 0.25) is 0 Å². The quantitative estimate of drug-likeness (QED) is 0.524. The van der Waals surface area contributed by atoms with Gasteiger partial charge >= 0.3 is 5.97 Å². The number of benzene rings is 2. The monoisotopic (exact) mass is 430 g/mol. The zero-order valence-corrected chi connectivity index (χ0v) is 19.1. The molecule has 2 atom stereocenters. The lowest BCUT2D eigenvalue weighted by molar-refractivity contribution is -0.111. The average molecular weight is 431 g/mol. The maximum atomic E-state index is 12.5. The Morgan fingerprint density at radius 2 is 1.59 bits per heavy atom. The Bertz CT molecular complexity index is 1130.